The summed E-state index contributed by atoms with van der Waals surface area (Å²) in [5.41, 5.74) is 2.91. The maximum atomic E-state index is 11.8. The summed E-state index contributed by atoms with van der Waals surface area (Å²) in [6.07, 6.45) is 3.00. The number of hydrogen-bond acceptors (Lipinski definition) is 6. The van der Waals surface area contributed by atoms with Gasteiger partial charge in [0.15, 0.2) is 0 Å². The smallest absolute Gasteiger partial charge is 0.329 e. The summed E-state index contributed by atoms with van der Waals surface area (Å²) in [6, 6.07) is 12.0. The zero-order valence-corrected chi connectivity index (χ0v) is 14.1. The molecular weight excluding hydrogens is 352 g/mol. The molecule has 0 bridgehead atoms. The second-order valence-electron chi connectivity index (χ2n) is 5.13. The van der Waals surface area contributed by atoms with E-state index in [2.05, 4.69) is 22.4 Å². The molecule has 0 heterocycles. The van der Waals surface area contributed by atoms with E-state index in [1.807, 2.05) is 0 Å². The lowest BCUT2D eigenvalue weighted by Gasteiger charge is -2.04. The topological polar surface area (TPSA) is 123 Å². The fourth-order valence-corrected chi connectivity index (χ4v) is 1.88. The fourth-order valence-electron chi connectivity index (χ4n) is 1.88. The average Bonchev–Trinajstić information content (AvgIpc) is 2.67. The van der Waals surface area contributed by atoms with Gasteiger partial charge < -0.3 is 10.1 Å². The van der Waals surface area contributed by atoms with Gasteiger partial charge in [-0.25, -0.2) is 5.43 Å². The number of nitro benzene ring substituents is 1. The predicted octanol–water partition coefficient (Wildman–Crippen LogP) is 2.25. The first-order valence-corrected chi connectivity index (χ1v) is 7.72. The van der Waals surface area contributed by atoms with E-state index < -0.39 is 16.7 Å². The summed E-state index contributed by atoms with van der Waals surface area (Å²) in [4.78, 5) is 33.5. The number of nitro groups is 1. The number of benzene rings is 2. The molecule has 0 fully saturated rings. The lowest BCUT2D eigenvalue weighted by atomic mass is 10.2. The average molecular weight is 368 g/mol. The molecule has 9 heteroatoms. The largest absolute Gasteiger partial charge is 0.490 e. The standard InChI is InChI=1S/C18H16N4O5/c1-2-11-27-16-9-3-13(4-10-16)12-19-21-18(24)17(23)20-14-5-7-15(8-6-14)22(25)26/h2-10,12H,1,11H2,(H,20,23)(H,21,24)/b19-12-. The Morgan fingerprint density at radius 1 is 1.11 bits per heavy atom. The summed E-state index contributed by atoms with van der Waals surface area (Å²) in [5.74, 6) is -1.26. The van der Waals surface area contributed by atoms with Gasteiger partial charge in [0.1, 0.15) is 12.4 Å². The highest BCUT2D eigenvalue weighted by atomic mass is 16.6. The van der Waals surface area contributed by atoms with E-state index >= 15 is 0 Å². The van der Waals surface area contributed by atoms with E-state index in [1.165, 1.54) is 30.5 Å². The Kier molecular flexibility index (Phi) is 6.77. The van der Waals surface area contributed by atoms with Gasteiger partial charge >= 0.3 is 11.8 Å². The van der Waals surface area contributed by atoms with Crippen LogP contribution in [0.15, 0.2) is 66.3 Å². The molecule has 0 aromatic heterocycles. The Morgan fingerprint density at radius 2 is 1.78 bits per heavy atom. The summed E-state index contributed by atoms with van der Waals surface area (Å²) >= 11 is 0. The quantitative estimate of drug-likeness (QED) is 0.255. The van der Waals surface area contributed by atoms with E-state index in [-0.39, 0.29) is 11.4 Å². The highest BCUT2D eigenvalue weighted by molar-refractivity contribution is 6.39. The monoisotopic (exact) mass is 368 g/mol. The van der Waals surface area contributed by atoms with Crippen LogP contribution in [0.5, 0.6) is 5.75 Å². The zero-order valence-electron chi connectivity index (χ0n) is 14.1. The predicted molar refractivity (Wildman–Crippen MR) is 99.6 cm³/mol. The van der Waals surface area contributed by atoms with Gasteiger partial charge in [-0.15, -0.1) is 0 Å². The Morgan fingerprint density at radius 3 is 2.37 bits per heavy atom. The van der Waals surface area contributed by atoms with Gasteiger partial charge in [0.25, 0.3) is 5.69 Å². The van der Waals surface area contributed by atoms with Crippen LogP contribution >= 0.6 is 0 Å². The number of rotatable bonds is 7. The van der Waals surface area contributed by atoms with Crippen LogP contribution in [-0.4, -0.2) is 29.6 Å². The number of ether oxygens (including phenoxy) is 1. The van der Waals surface area contributed by atoms with Crippen molar-refractivity contribution in [3.8, 4) is 5.75 Å². The van der Waals surface area contributed by atoms with E-state index in [9.17, 15) is 19.7 Å². The number of carbonyl (C=O) groups is 2. The molecule has 2 aromatic rings. The maximum Gasteiger partial charge on any atom is 0.329 e. The van der Waals surface area contributed by atoms with Gasteiger partial charge in [-0.1, -0.05) is 12.7 Å². The van der Waals surface area contributed by atoms with Crippen molar-refractivity contribution in [1.29, 1.82) is 0 Å². The van der Waals surface area contributed by atoms with Gasteiger partial charge in [0.2, 0.25) is 0 Å². The van der Waals surface area contributed by atoms with Crippen LogP contribution in [0.3, 0.4) is 0 Å². The zero-order chi connectivity index (χ0) is 19.6. The molecule has 2 aromatic carbocycles. The van der Waals surface area contributed by atoms with E-state index in [0.717, 1.165) is 0 Å². The molecule has 138 valence electrons. The van der Waals surface area contributed by atoms with Gasteiger partial charge in [-0.05, 0) is 42.0 Å². The first-order valence-electron chi connectivity index (χ1n) is 7.72. The van der Waals surface area contributed by atoms with Crippen LogP contribution in [0, 0.1) is 10.1 Å². The molecule has 9 nitrogen and oxygen atoms in total. The minimum absolute atomic E-state index is 0.122. The third-order valence-electron chi connectivity index (χ3n) is 3.17. The molecule has 2 N–H and O–H groups in total. The van der Waals surface area contributed by atoms with Crippen LogP contribution in [0.4, 0.5) is 11.4 Å². The molecule has 0 aliphatic carbocycles. The van der Waals surface area contributed by atoms with Crippen molar-refractivity contribution in [3.05, 3.63) is 76.9 Å². The number of nitrogens with zero attached hydrogens (tertiary/aromatic N) is 2. The number of hydrazone groups is 1. The second-order valence-corrected chi connectivity index (χ2v) is 5.13. The van der Waals surface area contributed by atoms with Crippen LogP contribution in [0.1, 0.15) is 5.56 Å². The van der Waals surface area contributed by atoms with Crippen molar-refractivity contribution in [1.82, 2.24) is 5.43 Å². The molecule has 0 atom stereocenters. The van der Waals surface area contributed by atoms with Crippen molar-refractivity contribution < 1.29 is 19.2 Å². The van der Waals surface area contributed by atoms with Crippen molar-refractivity contribution in [2.75, 3.05) is 11.9 Å². The van der Waals surface area contributed by atoms with E-state index in [1.54, 1.807) is 30.3 Å². The van der Waals surface area contributed by atoms with Gasteiger partial charge in [0, 0.05) is 17.8 Å². The van der Waals surface area contributed by atoms with Gasteiger partial charge in [0.05, 0.1) is 11.1 Å². The summed E-state index contributed by atoms with van der Waals surface area (Å²) in [5, 5.41) is 16.6. The molecule has 0 unspecified atom stereocenters. The fraction of sp³-hybridized carbons (Fsp3) is 0.0556. The number of amides is 2. The molecule has 27 heavy (non-hydrogen) atoms. The lowest BCUT2D eigenvalue weighted by molar-refractivity contribution is -0.384. The highest BCUT2D eigenvalue weighted by Crippen LogP contribution is 2.15. The van der Waals surface area contributed by atoms with Crippen molar-refractivity contribution >= 4 is 29.4 Å². The SMILES string of the molecule is C=CCOc1ccc(/C=N\NC(=O)C(=O)Nc2ccc([N+](=O)[O-])cc2)cc1. The first-order chi connectivity index (χ1) is 13.0. The van der Waals surface area contributed by atoms with Crippen molar-refractivity contribution in [2.45, 2.75) is 0 Å². The second kappa shape index (κ2) is 9.47. The van der Waals surface area contributed by atoms with E-state index in [0.29, 0.717) is 17.9 Å². The maximum absolute atomic E-state index is 11.8. The summed E-state index contributed by atoms with van der Waals surface area (Å²) < 4.78 is 5.34. The van der Waals surface area contributed by atoms with Crippen LogP contribution in [0.2, 0.25) is 0 Å². The Balaban J connectivity index is 1.85. The summed E-state index contributed by atoms with van der Waals surface area (Å²) in [6.45, 7) is 3.95. The number of hydrogen-bond donors (Lipinski definition) is 2. The van der Waals surface area contributed by atoms with Crippen LogP contribution < -0.4 is 15.5 Å². The Hall–Kier alpha value is -4.01. The third-order valence-corrected chi connectivity index (χ3v) is 3.17. The molecule has 2 rings (SSSR count). The minimum Gasteiger partial charge on any atom is -0.490 e. The third kappa shape index (κ3) is 6.09. The Labute approximate surface area is 154 Å². The molecule has 0 spiro atoms. The van der Waals surface area contributed by atoms with Crippen molar-refractivity contribution in [2.24, 2.45) is 5.10 Å². The van der Waals surface area contributed by atoms with Crippen LogP contribution in [-0.2, 0) is 9.59 Å². The normalized spacial score (nSPS) is 10.2. The van der Waals surface area contributed by atoms with E-state index in [4.69, 9.17) is 4.74 Å². The molecule has 2 amide bonds. The molecule has 0 aliphatic heterocycles. The Bertz CT molecular complexity index is 860. The van der Waals surface area contributed by atoms with Gasteiger partial charge in [-0.3, -0.25) is 19.7 Å². The van der Waals surface area contributed by atoms with Crippen molar-refractivity contribution in [3.63, 3.8) is 0 Å². The number of nitrogens with one attached hydrogen (secondary N) is 2. The molecule has 0 aliphatic rings. The highest BCUT2D eigenvalue weighted by Gasteiger charge is 2.13. The minimum atomic E-state index is -0.976. The summed E-state index contributed by atoms with van der Waals surface area (Å²) in [7, 11) is 0. The number of non-ortho nitro benzene ring substituents is 1. The van der Waals surface area contributed by atoms with Gasteiger partial charge in [-0.2, -0.15) is 5.10 Å². The van der Waals surface area contributed by atoms with Crippen LogP contribution in [0.25, 0.3) is 0 Å². The first kappa shape index (κ1) is 19.3. The molecule has 0 radical (unpaired) electrons. The number of anilines is 1. The molecule has 0 saturated carbocycles. The number of carbonyl (C=O) groups excluding carboxylic acids is 2. The lowest BCUT2D eigenvalue weighted by Crippen LogP contribution is -2.32. The molecular formula is C18H16N4O5. The molecule has 0 saturated heterocycles.